The molecule has 1 aliphatic rings. The number of nitro groups is 1. The van der Waals surface area contributed by atoms with E-state index in [1.165, 1.54) is 28.5 Å². The largest absolute Gasteiger partial charge is 0.284 e. The average Bonchev–Trinajstić information content (AvgIpc) is 3.43. The fourth-order valence-corrected chi connectivity index (χ4v) is 4.68. The van der Waals surface area contributed by atoms with E-state index in [1.807, 2.05) is 0 Å². The summed E-state index contributed by atoms with van der Waals surface area (Å²) < 4.78 is 25.6. The van der Waals surface area contributed by atoms with Gasteiger partial charge in [0.25, 0.3) is 11.6 Å². The van der Waals surface area contributed by atoms with Gasteiger partial charge >= 0.3 is 0 Å². The average molecular weight is 471 g/mol. The standard InChI is InChI=1S/C21H18N4O5S2/c1-32(29,30)23-16-7-2-5-14(11-16)18-13-19(15-6-3-8-17(12-15)25(27)28)24(22-18)21(26)20-9-4-10-31-20/h2-12,19,23H,13H2,1H3. The van der Waals surface area contributed by atoms with E-state index >= 15 is 0 Å². The molecule has 0 bridgehead atoms. The molecule has 4 rings (SSSR count). The van der Waals surface area contributed by atoms with Crippen LogP contribution < -0.4 is 4.72 Å². The Kier molecular flexibility index (Phi) is 5.76. The zero-order valence-corrected chi connectivity index (χ0v) is 18.5. The molecular weight excluding hydrogens is 452 g/mol. The summed E-state index contributed by atoms with van der Waals surface area (Å²) in [5, 5.41) is 18.9. The molecule has 3 aromatic rings. The minimum atomic E-state index is -3.45. The van der Waals surface area contributed by atoms with Gasteiger partial charge in [-0.3, -0.25) is 19.6 Å². The normalized spacial score (nSPS) is 16.0. The summed E-state index contributed by atoms with van der Waals surface area (Å²) >= 11 is 1.28. The summed E-state index contributed by atoms with van der Waals surface area (Å²) in [6.07, 6.45) is 1.38. The Balaban J connectivity index is 1.73. The third-order valence-corrected chi connectivity index (χ3v) is 6.28. The lowest BCUT2D eigenvalue weighted by Crippen LogP contribution is -2.26. The second-order valence-corrected chi connectivity index (χ2v) is 9.90. The molecule has 1 aromatic heterocycles. The van der Waals surface area contributed by atoms with E-state index in [1.54, 1.807) is 53.9 Å². The Hall–Kier alpha value is -3.57. The summed E-state index contributed by atoms with van der Waals surface area (Å²) in [5.74, 6) is -0.308. The number of nitrogens with one attached hydrogen (secondary N) is 1. The number of nitro benzene ring substituents is 1. The van der Waals surface area contributed by atoms with E-state index in [-0.39, 0.29) is 11.6 Å². The molecule has 0 spiro atoms. The van der Waals surface area contributed by atoms with Crippen molar-refractivity contribution in [1.29, 1.82) is 0 Å². The summed E-state index contributed by atoms with van der Waals surface area (Å²) in [7, 11) is -3.45. The molecule has 1 aliphatic heterocycles. The van der Waals surface area contributed by atoms with Gasteiger partial charge in [0.15, 0.2) is 0 Å². The van der Waals surface area contributed by atoms with Crippen molar-refractivity contribution >= 4 is 44.4 Å². The highest BCUT2D eigenvalue weighted by atomic mass is 32.2. The van der Waals surface area contributed by atoms with Crippen LogP contribution in [0, 0.1) is 10.1 Å². The molecule has 1 atom stereocenters. The van der Waals surface area contributed by atoms with Gasteiger partial charge in [0, 0.05) is 24.2 Å². The summed E-state index contributed by atoms with van der Waals surface area (Å²) in [5.41, 5.74) is 2.12. The quantitative estimate of drug-likeness (QED) is 0.431. The summed E-state index contributed by atoms with van der Waals surface area (Å²) in [4.78, 5) is 24.4. The van der Waals surface area contributed by atoms with Crippen molar-refractivity contribution in [2.75, 3.05) is 11.0 Å². The van der Waals surface area contributed by atoms with Gasteiger partial charge < -0.3 is 0 Å². The molecule has 2 heterocycles. The van der Waals surface area contributed by atoms with E-state index in [9.17, 15) is 23.3 Å². The van der Waals surface area contributed by atoms with E-state index in [0.29, 0.717) is 33.8 Å². The van der Waals surface area contributed by atoms with Crippen LogP contribution in [0.15, 0.2) is 71.1 Å². The Morgan fingerprint density at radius 3 is 2.66 bits per heavy atom. The smallest absolute Gasteiger partial charge is 0.284 e. The van der Waals surface area contributed by atoms with Gasteiger partial charge in [-0.15, -0.1) is 11.3 Å². The zero-order valence-electron chi connectivity index (χ0n) is 16.8. The molecule has 32 heavy (non-hydrogen) atoms. The molecule has 11 heteroatoms. The van der Waals surface area contributed by atoms with E-state index < -0.39 is 21.0 Å². The fourth-order valence-electron chi connectivity index (χ4n) is 3.47. The lowest BCUT2D eigenvalue weighted by molar-refractivity contribution is -0.384. The Morgan fingerprint density at radius 2 is 1.97 bits per heavy atom. The minimum Gasteiger partial charge on any atom is -0.284 e. The van der Waals surface area contributed by atoms with Gasteiger partial charge in [-0.05, 0) is 34.7 Å². The number of benzene rings is 2. The molecule has 1 amide bonds. The van der Waals surface area contributed by atoms with Crippen molar-refractivity contribution in [1.82, 2.24) is 5.01 Å². The van der Waals surface area contributed by atoms with Crippen molar-refractivity contribution in [2.45, 2.75) is 12.5 Å². The Labute approximate surface area is 188 Å². The molecule has 0 fully saturated rings. The molecule has 0 aliphatic carbocycles. The van der Waals surface area contributed by atoms with Crippen LogP contribution in [0.1, 0.15) is 33.3 Å². The molecule has 164 valence electrons. The highest BCUT2D eigenvalue weighted by molar-refractivity contribution is 7.92. The summed E-state index contributed by atoms with van der Waals surface area (Å²) in [6.45, 7) is 0. The maximum absolute atomic E-state index is 13.1. The molecule has 0 saturated carbocycles. The predicted molar refractivity (Wildman–Crippen MR) is 122 cm³/mol. The second kappa shape index (κ2) is 8.52. The number of hydrazone groups is 1. The first-order chi connectivity index (χ1) is 15.2. The van der Waals surface area contributed by atoms with Crippen LogP contribution in [0.25, 0.3) is 0 Å². The predicted octanol–water partition coefficient (Wildman–Crippen LogP) is 4.02. The van der Waals surface area contributed by atoms with Crippen molar-refractivity contribution in [2.24, 2.45) is 5.10 Å². The van der Waals surface area contributed by atoms with Gasteiger partial charge in [0.1, 0.15) is 0 Å². The van der Waals surface area contributed by atoms with Gasteiger partial charge in [-0.1, -0.05) is 30.3 Å². The fraction of sp³-hybridized carbons (Fsp3) is 0.143. The third kappa shape index (κ3) is 4.68. The number of rotatable bonds is 6. The molecule has 1 unspecified atom stereocenters. The first-order valence-corrected chi connectivity index (χ1v) is 12.3. The third-order valence-electron chi connectivity index (χ3n) is 4.82. The van der Waals surface area contributed by atoms with Crippen LogP contribution in [0.3, 0.4) is 0 Å². The second-order valence-electron chi connectivity index (χ2n) is 7.20. The lowest BCUT2D eigenvalue weighted by atomic mass is 9.98. The maximum Gasteiger partial charge on any atom is 0.284 e. The molecule has 0 saturated heterocycles. The number of amides is 1. The van der Waals surface area contributed by atoms with E-state index in [2.05, 4.69) is 9.82 Å². The van der Waals surface area contributed by atoms with Crippen LogP contribution in [-0.2, 0) is 10.0 Å². The molecular formula is C21H18N4O5S2. The van der Waals surface area contributed by atoms with Crippen molar-refractivity contribution in [3.63, 3.8) is 0 Å². The van der Waals surface area contributed by atoms with Gasteiger partial charge in [0.2, 0.25) is 10.0 Å². The first-order valence-electron chi connectivity index (χ1n) is 9.48. The van der Waals surface area contributed by atoms with Crippen molar-refractivity contribution in [3.8, 4) is 0 Å². The Morgan fingerprint density at radius 1 is 1.19 bits per heavy atom. The number of hydrogen-bond donors (Lipinski definition) is 1. The number of carbonyl (C=O) groups is 1. The van der Waals surface area contributed by atoms with Crippen LogP contribution in [0.4, 0.5) is 11.4 Å². The van der Waals surface area contributed by atoms with Gasteiger partial charge in [-0.25, -0.2) is 13.4 Å². The number of anilines is 1. The zero-order chi connectivity index (χ0) is 22.9. The van der Waals surface area contributed by atoms with Crippen LogP contribution in [0.5, 0.6) is 0 Å². The number of non-ortho nitro benzene ring substituents is 1. The number of carbonyl (C=O) groups excluding carboxylic acids is 1. The monoisotopic (exact) mass is 470 g/mol. The number of sulfonamides is 1. The number of hydrogen-bond acceptors (Lipinski definition) is 7. The van der Waals surface area contributed by atoms with E-state index in [0.717, 1.165) is 6.26 Å². The van der Waals surface area contributed by atoms with E-state index in [4.69, 9.17) is 0 Å². The number of thiophene rings is 1. The lowest BCUT2D eigenvalue weighted by Gasteiger charge is -2.21. The minimum absolute atomic E-state index is 0.0705. The van der Waals surface area contributed by atoms with Crippen LogP contribution in [0.2, 0.25) is 0 Å². The van der Waals surface area contributed by atoms with Gasteiger partial charge in [0.05, 0.1) is 27.8 Å². The van der Waals surface area contributed by atoms with Crippen molar-refractivity contribution in [3.05, 3.63) is 92.2 Å². The summed E-state index contributed by atoms with van der Waals surface area (Å²) in [6, 6.07) is 15.8. The molecule has 0 radical (unpaired) electrons. The number of nitrogens with zero attached hydrogens (tertiary/aromatic N) is 3. The van der Waals surface area contributed by atoms with Crippen LogP contribution >= 0.6 is 11.3 Å². The van der Waals surface area contributed by atoms with Crippen molar-refractivity contribution < 1.29 is 18.1 Å². The maximum atomic E-state index is 13.1. The first kappa shape index (κ1) is 21.7. The van der Waals surface area contributed by atoms with Gasteiger partial charge in [-0.2, -0.15) is 5.10 Å². The molecule has 2 aromatic carbocycles. The molecule has 1 N–H and O–H groups in total. The Bertz CT molecular complexity index is 1320. The highest BCUT2D eigenvalue weighted by Crippen LogP contribution is 2.36. The molecule has 9 nitrogen and oxygen atoms in total. The van der Waals surface area contributed by atoms with Crippen LogP contribution in [-0.4, -0.2) is 36.2 Å². The topological polar surface area (TPSA) is 122 Å². The SMILES string of the molecule is CS(=O)(=O)Nc1cccc(C2=NN(C(=O)c3cccs3)C(c3cccc([N+](=O)[O-])c3)C2)c1. The highest BCUT2D eigenvalue weighted by Gasteiger charge is 2.34.